The van der Waals surface area contributed by atoms with Crippen LogP contribution in [-0.2, 0) is 4.79 Å². The normalized spacial score (nSPS) is 20.7. The Morgan fingerprint density at radius 2 is 1.90 bits per heavy atom. The molecule has 0 unspecified atom stereocenters. The van der Waals surface area contributed by atoms with Gasteiger partial charge in [0.25, 0.3) is 5.91 Å². The van der Waals surface area contributed by atoms with Crippen molar-refractivity contribution < 1.29 is 9.18 Å². The molecule has 1 fully saturated rings. The minimum absolute atomic E-state index is 0.0132. The Balaban J connectivity index is 1.60. The summed E-state index contributed by atoms with van der Waals surface area (Å²) in [6, 6.07) is 14.4. The highest BCUT2D eigenvalue weighted by atomic mass is 19.1. The Morgan fingerprint density at radius 1 is 1.14 bits per heavy atom. The van der Waals surface area contributed by atoms with Gasteiger partial charge in [-0.3, -0.25) is 9.69 Å². The van der Waals surface area contributed by atoms with Crippen LogP contribution in [0.1, 0.15) is 48.9 Å². The van der Waals surface area contributed by atoms with Crippen molar-refractivity contribution in [3.63, 3.8) is 0 Å². The van der Waals surface area contributed by atoms with Crippen LogP contribution in [0.3, 0.4) is 0 Å². The van der Waals surface area contributed by atoms with Crippen molar-refractivity contribution in [1.82, 2.24) is 9.91 Å². The SMILES string of the molecule is Cc1ccccc1[C@@H]1CC(c2cccc(F)c2)=NN1C(=O)CN1CCC(C)CC1. The van der Waals surface area contributed by atoms with Gasteiger partial charge in [-0.2, -0.15) is 5.10 Å². The molecule has 2 aliphatic rings. The summed E-state index contributed by atoms with van der Waals surface area (Å²) in [7, 11) is 0. The fourth-order valence-corrected chi connectivity index (χ4v) is 4.27. The topological polar surface area (TPSA) is 35.9 Å². The third kappa shape index (κ3) is 4.40. The smallest absolute Gasteiger partial charge is 0.257 e. The second kappa shape index (κ2) is 8.46. The molecule has 2 aromatic rings. The molecule has 0 aliphatic carbocycles. The molecule has 0 spiro atoms. The van der Waals surface area contributed by atoms with Gasteiger partial charge in [0.05, 0.1) is 18.3 Å². The Hall–Kier alpha value is -2.53. The molecule has 4 nitrogen and oxygen atoms in total. The Kier molecular flexibility index (Phi) is 5.76. The van der Waals surface area contributed by atoms with Crippen LogP contribution in [0.2, 0.25) is 0 Å². The van der Waals surface area contributed by atoms with Gasteiger partial charge in [-0.25, -0.2) is 9.40 Å². The summed E-state index contributed by atoms with van der Waals surface area (Å²) in [5.74, 6) is 0.453. The molecule has 0 N–H and O–H groups in total. The summed E-state index contributed by atoms with van der Waals surface area (Å²) in [6.45, 7) is 6.62. The predicted octanol–water partition coefficient (Wildman–Crippen LogP) is 4.54. The third-order valence-corrected chi connectivity index (χ3v) is 6.11. The molecule has 1 saturated heterocycles. The zero-order valence-corrected chi connectivity index (χ0v) is 17.1. The van der Waals surface area contributed by atoms with Crippen molar-refractivity contribution >= 4 is 11.6 Å². The summed E-state index contributed by atoms with van der Waals surface area (Å²) in [6.07, 6.45) is 2.86. The number of amides is 1. The van der Waals surface area contributed by atoms with Gasteiger partial charge in [0.2, 0.25) is 0 Å². The molecule has 4 rings (SSSR count). The molecule has 5 heteroatoms. The Labute approximate surface area is 172 Å². The molecule has 0 radical (unpaired) electrons. The molecule has 1 atom stereocenters. The first-order valence-electron chi connectivity index (χ1n) is 10.4. The monoisotopic (exact) mass is 393 g/mol. The van der Waals surface area contributed by atoms with Crippen LogP contribution >= 0.6 is 0 Å². The van der Waals surface area contributed by atoms with E-state index in [0.717, 1.165) is 54.3 Å². The molecule has 1 amide bonds. The van der Waals surface area contributed by atoms with E-state index in [9.17, 15) is 9.18 Å². The van der Waals surface area contributed by atoms with Gasteiger partial charge >= 0.3 is 0 Å². The Bertz CT molecular complexity index is 918. The van der Waals surface area contributed by atoms with Crippen molar-refractivity contribution in [3.05, 3.63) is 71.0 Å². The number of likely N-dealkylation sites (tertiary alicyclic amines) is 1. The lowest BCUT2D eigenvalue weighted by molar-refractivity contribution is -0.134. The number of hydrogen-bond acceptors (Lipinski definition) is 3. The average molecular weight is 394 g/mol. The summed E-state index contributed by atoms with van der Waals surface area (Å²) < 4.78 is 13.8. The number of benzene rings is 2. The molecule has 0 saturated carbocycles. The summed E-state index contributed by atoms with van der Waals surface area (Å²) in [5.41, 5.74) is 3.74. The molecular formula is C24H28FN3O. The van der Waals surface area contributed by atoms with E-state index < -0.39 is 0 Å². The van der Waals surface area contributed by atoms with E-state index in [-0.39, 0.29) is 17.8 Å². The molecule has 152 valence electrons. The van der Waals surface area contributed by atoms with Gasteiger partial charge < -0.3 is 0 Å². The number of nitrogens with zero attached hydrogens (tertiary/aromatic N) is 3. The first-order chi connectivity index (χ1) is 14.0. The van der Waals surface area contributed by atoms with Crippen molar-refractivity contribution in [3.8, 4) is 0 Å². The van der Waals surface area contributed by atoms with E-state index >= 15 is 0 Å². The number of carbonyl (C=O) groups is 1. The van der Waals surface area contributed by atoms with Gasteiger partial charge in [-0.05, 0) is 62.0 Å². The van der Waals surface area contributed by atoms with Gasteiger partial charge in [0, 0.05) is 12.0 Å². The first kappa shape index (κ1) is 19.8. The predicted molar refractivity (Wildman–Crippen MR) is 113 cm³/mol. The fourth-order valence-electron chi connectivity index (χ4n) is 4.27. The zero-order valence-electron chi connectivity index (χ0n) is 17.1. The lowest BCUT2D eigenvalue weighted by Crippen LogP contribution is -2.41. The van der Waals surface area contributed by atoms with E-state index in [4.69, 9.17) is 0 Å². The van der Waals surface area contributed by atoms with Crippen LogP contribution < -0.4 is 0 Å². The van der Waals surface area contributed by atoms with Gasteiger partial charge in [0.1, 0.15) is 5.82 Å². The highest BCUT2D eigenvalue weighted by Crippen LogP contribution is 2.34. The van der Waals surface area contributed by atoms with Crippen LogP contribution in [-0.4, -0.2) is 41.2 Å². The van der Waals surface area contributed by atoms with Gasteiger partial charge in [-0.15, -0.1) is 0 Å². The fraction of sp³-hybridized carbons (Fsp3) is 0.417. The number of piperidine rings is 1. The molecule has 0 bridgehead atoms. The summed E-state index contributed by atoms with van der Waals surface area (Å²) >= 11 is 0. The van der Waals surface area contributed by atoms with E-state index in [1.54, 1.807) is 11.1 Å². The maximum Gasteiger partial charge on any atom is 0.257 e. The maximum absolute atomic E-state index is 13.8. The van der Waals surface area contributed by atoms with Crippen LogP contribution in [0.15, 0.2) is 53.6 Å². The standard InChI is InChI=1S/C24H28FN3O/c1-17-10-12-27(13-11-17)16-24(29)28-23(21-9-4-3-6-18(21)2)15-22(26-28)19-7-5-8-20(25)14-19/h3-9,14,17,23H,10-13,15-16H2,1-2H3/t23-/m0/s1. The number of rotatable bonds is 4. The van der Waals surface area contributed by atoms with E-state index in [0.29, 0.717) is 13.0 Å². The third-order valence-electron chi connectivity index (χ3n) is 6.11. The molecule has 29 heavy (non-hydrogen) atoms. The van der Waals surface area contributed by atoms with Crippen molar-refractivity contribution in [2.45, 2.75) is 39.2 Å². The molecule has 2 heterocycles. The van der Waals surface area contributed by atoms with Crippen molar-refractivity contribution in [2.75, 3.05) is 19.6 Å². The quantitative estimate of drug-likeness (QED) is 0.764. The number of aryl methyl sites for hydroxylation is 1. The maximum atomic E-state index is 13.8. The second-order valence-corrected chi connectivity index (χ2v) is 8.33. The van der Waals surface area contributed by atoms with Crippen LogP contribution in [0.4, 0.5) is 4.39 Å². The van der Waals surface area contributed by atoms with Gasteiger partial charge in [-0.1, -0.05) is 43.3 Å². The number of hydrogen-bond donors (Lipinski definition) is 0. The summed E-state index contributed by atoms with van der Waals surface area (Å²) in [4.78, 5) is 15.5. The lowest BCUT2D eigenvalue weighted by atomic mass is 9.95. The van der Waals surface area contributed by atoms with E-state index in [1.165, 1.54) is 12.1 Å². The van der Waals surface area contributed by atoms with Gasteiger partial charge in [0.15, 0.2) is 0 Å². The number of carbonyl (C=O) groups excluding carboxylic acids is 1. The van der Waals surface area contributed by atoms with E-state index in [2.05, 4.69) is 36.0 Å². The minimum Gasteiger partial charge on any atom is -0.294 e. The van der Waals surface area contributed by atoms with Crippen LogP contribution in [0.5, 0.6) is 0 Å². The van der Waals surface area contributed by atoms with Crippen LogP contribution in [0.25, 0.3) is 0 Å². The molecule has 2 aromatic carbocycles. The molecular weight excluding hydrogens is 365 g/mol. The van der Waals surface area contributed by atoms with Crippen LogP contribution in [0, 0.1) is 18.7 Å². The largest absolute Gasteiger partial charge is 0.294 e. The van der Waals surface area contributed by atoms with Crippen molar-refractivity contribution in [1.29, 1.82) is 0 Å². The molecule has 2 aliphatic heterocycles. The highest BCUT2D eigenvalue weighted by molar-refractivity contribution is 6.03. The zero-order chi connectivity index (χ0) is 20.4. The van der Waals surface area contributed by atoms with E-state index in [1.807, 2.05) is 18.2 Å². The first-order valence-corrected chi connectivity index (χ1v) is 10.4. The Morgan fingerprint density at radius 3 is 2.62 bits per heavy atom. The highest BCUT2D eigenvalue weighted by Gasteiger charge is 2.34. The number of hydrazone groups is 1. The number of halogens is 1. The minimum atomic E-state index is -0.287. The van der Waals surface area contributed by atoms with Crippen molar-refractivity contribution in [2.24, 2.45) is 11.0 Å². The lowest BCUT2D eigenvalue weighted by Gasteiger charge is -2.31. The molecule has 0 aromatic heterocycles. The average Bonchev–Trinajstić information content (AvgIpc) is 3.15. The second-order valence-electron chi connectivity index (χ2n) is 8.33. The summed E-state index contributed by atoms with van der Waals surface area (Å²) in [5, 5.41) is 6.33.